The van der Waals surface area contributed by atoms with Gasteiger partial charge in [-0.25, -0.2) is 17.8 Å². The van der Waals surface area contributed by atoms with Gasteiger partial charge in [0.25, 0.3) is 10.0 Å². The van der Waals surface area contributed by atoms with E-state index in [2.05, 4.69) is 17.2 Å². The van der Waals surface area contributed by atoms with Crippen molar-refractivity contribution in [3.05, 3.63) is 24.1 Å². The van der Waals surface area contributed by atoms with E-state index in [0.717, 1.165) is 38.4 Å². The van der Waals surface area contributed by atoms with Crippen LogP contribution in [0.4, 0.5) is 4.39 Å². The van der Waals surface area contributed by atoms with Gasteiger partial charge in [-0.15, -0.1) is 0 Å². The third kappa shape index (κ3) is 3.99. The molecule has 21 heavy (non-hydrogen) atoms. The Morgan fingerprint density at radius 2 is 2.33 bits per heavy atom. The number of pyridine rings is 1. The topological polar surface area (TPSA) is 62.3 Å². The van der Waals surface area contributed by atoms with Crippen LogP contribution in [0.25, 0.3) is 0 Å². The van der Waals surface area contributed by atoms with Crippen molar-refractivity contribution in [1.29, 1.82) is 0 Å². The standard InChI is InChI=1S/C14H22FN3O2S/c1-2-7-16-10-12-5-4-9-18(11-12)21(19,20)14-13(15)6-3-8-17-14/h3,6,8,12,16H,2,4-5,7,9-11H2,1H3. The zero-order chi connectivity index (χ0) is 15.3. The Bertz CT molecular complexity index is 565. The van der Waals surface area contributed by atoms with Crippen LogP contribution in [0.3, 0.4) is 0 Å². The highest BCUT2D eigenvalue weighted by Crippen LogP contribution is 2.23. The Morgan fingerprint density at radius 1 is 1.52 bits per heavy atom. The summed E-state index contributed by atoms with van der Waals surface area (Å²) in [5, 5.41) is 2.85. The summed E-state index contributed by atoms with van der Waals surface area (Å²) in [5.74, 6) is -0.518. The van der Waals surface area contributed by atoms with E-state index in [-0.39, 0.29) is 5.92 Å². The molecule has 1 aromatic heterocycles. The largest absolute Gasteiger partial charge is 0.316 e. The zero-order valence-corrected chi connectivity index (χ0v) is 13.1. The van der Waals surface area contributed by atoms with Crippen LogP contribution < -0.4 is 5.32 Å². The molecule has 7 heteroatoms. The predicted molar refractivity (Wildman–Crippen MR) is 78.8 cm³/mol. The molecule has 1 aromatic rings. The molecule has 0 saturated carbocycles. The van der Waals surface area contributed by atoms with Crippen LogP contribution in [0.1, 0.15) is 26.2 Å². The van der Waals surface area contributed by atoms with Crippen LogP contribution >= 0.6 is 0 Å². The molecule has 0 aromatic carbocycles. The molecule has 5 nitrogen and oxygen atoms in total. The maximum absolute atomic E-state index is 13.7. The molecule has 1 aliphatic heterocycles. The lowest BCUT2D eigenvalue weighted by Crippen LogP contribution is -2.43. The highest BCUT2D eigenvalue weighted by Gasteiger charge is 2.32. The van der Waals surface area contributed by atoms with Crippen LogP contribution in [-0.2, 0) is 10.0 Å². The van der Waals surface area contributed by atoms with Crippen molar-refractivity contribution in [3.63, 3.8) is 0 Å². The van der Waals surface area contributed by atoms with E-state index < -0.39 is 20.9 Å². The Morgan fingerprint density at radius 3 is 3.05 bits per heavy atom. The fourth-order valence-electron chi connectivity index (χ4n) is 2.58. The summed E-state index contributed by atoms with van der Waals surface area (Å²) in [4.78, 5) is 3.71. The van der Waals surface area contributed by atoms with E-state index in [9.17, 15) is 12.8 Å². The van der Waals surface area contributed by atoms with Crippen molar-refractivity contribution >= 4 is 10.0 Å². The minimum atomic E-state index is -3.84. The van der Waals surface area contributed by atoms with E-state index >= 15 is 0 Å². The molecule has 2 heterocycles. The van der Waals surface area contributed by atoms with Gasteiger partial charge in [0.05, 0.1) is 0 Å². The van der Waals surface area contributed by atoms with Gasteiger partial charge in [-0.05, 0) is 50.4 Å². The van der Waals surface area contributed by atoms with Gasteiger partial charge in [-0.2, -0.15) is 4.31 Å². The lowest BCUT2D eigenvalue weighted by atomic mass is 10.00. The highest BCUT2D eigenvalue weighted by atomic mass is 32.2. The number of sulfonamides is 1. The van der Waals surface area contributed by atoms with Crippen molar-refractivity contribution in [2.45, 2.75) is 31.2 Å². The summed E-state index contributed by atoms with van der Waals surface area (Å²) in [5.41, 5.74) is 0. The monoisotopic (exact) mass is 315 g/mol. The van der Waals surface area contributed by atoms with E-state index in [1.807, 2.05) is 0 Å². The Balaban J connectivity index is 2.08. The van der Waals surface area contributed by atoms with E-state index in [1.165, 1.54) is 16.6 Å². The smallest absolute Gasteiger partial charge is 0.263 e. The fourth-order valence-corrected chi connectivity index (χ4v) is 4.11. The lowest BCUT2D eigenvalue weighted by Gasteiger charge is -2.31. The Hall–Kier alpha value is -1.05. The Labute approximate surface area is 125 Å². The molecule has 0 aliphatic carbocycles. The molecule has 1 fully saturated rings. The molecule has 0 amide bonds. The first-order valence-electron chi connectivity index (χ1n) is 7.37. The maximum Gasteiger partial charge on any atom is 0.263 e. The van der Waals surface area contributed by atoms with Crippen molar-refractivity contribution in [3.8, 4) is 0 Å². The molecule has 1 aliphatic rings. The number of aromatic nitrogens is 1. The molecule has 1 atom stereocenters. The first kappa shape index (κ1) is 16.3. The highest BCUT2D eigenvalue weighted by molar-refractivity contribution is 7.89. The molecule has 0 spiro atoms. The SMILES string of the molecule is CCCNCC1CCCN(S(=O)(=O)c2ncccc2F)C1. The lowest BCUT2D eigenvalue weighted by molar-refractivity contribution is 0.259. The summed E-state index contributed by atoms with van der Waals surface area (Å²) in [6.45, 7) is 4.68. The van der Waals surface area contributed by atoms with Crippen LogP contribution in [-0.4, -0.2) is 43.9 Å². The first-order valence-corrected chi connectivity index (χ1v) is 8.81. The zero-order valence-electron chi connectivity index (χ0n) is 12.3. The number of hydrogen-bond donors (Lipinski definition) is 1. The third-order valence-corrected chi connectivity index (χ3v) is 5.45. The number of piperidine rings is 1. The number of rotatable bonds is 6. The van der Waals surface area contributed by atoms with E-state index in [1.54, 1.807) is 0 Å². The van der Waals surface area contributed by atoms with Crippen molar-refractivity contribution in [2.75, 3.05) is 26.2 Å². The second-order valence-corrected chi connectivity index (χ2v) is 7.22. The van der Waals surface area contributed by atoms with Crippen LogP contribution in [0.2, 0.25) is 0 Å². The quantitative estimate of drug-likeness (QED) is 0.810. The minimum Gasteiger partial charge on any atom is -0.316 e. The molecular formula is C14H22FN3O2S. The number of halogens is 1. The molecule has 1 saturated heterocycles. The fraction of sp³-hybridized carbons (Fsp3) is 0.643. The second-order valence-electron chi connectivity index (χ2n) is 5.37. The van der Waals surface area contributed by atoms with Gasteiger partial charge in [0.1, 0.15) is 0 Å². The van der Waals surface area contributed by atoms with Gasteiger partial charge in [-0.1, -0.05) is 6.92 Å². The summed E-state index contributed by atoms with van der Waals surface area (Å²) in [7, 11) is -3.84. The van der Waals surface area contributed by atoms with Crippen molar-refractivity contribution < 1.29 is 12.8 Å². The third-order valence-electron chi connectivity index (χ3n) is 3.65. The molecule has 118 valence electrons. The van der Waals surface area contributed by atoms with Gasteiger partial charge in [-0.3, -0.25) is 0 Å². The summed E-state index contributed by atoms with van der Waals surface area (Å²) < 4.78 is 40.0. The minimum absolute atomic E-state index is 0.270. The van der Waals surface area contributed by atoms with Gasteiger partial charge in [0.15, 0.2) is 5.82 Å². The maximum atomic E-state index is 13.7. The van der Waals surface area contributed by atoms with Crippen LogP contribution in [0.5, 0.6) is 0 Å². The number of nitrogens with one attached hydrogen (secondary N) is 1. The number of hydrogen-bond acceptors (Lipinski definition) is 4. The second kappa shape index (κ2) is 7.29. The normalized spacial score (nSPS) is 20.6. The first-order chi connectivity index (χ1) is 10.1. The van der Waals surface area contributed by atoms with Gasteiger partial charge >= 0.3 is 0 Å². The number of nitrogens with zero attached hydrogens (tertiary/aromatic N) is 2. The molecule has 2 rings (SSSR count). The van der Waals surface area contributed by atoms with Gasteiger partial charge in [0, 0.05) is 19.3 Å². The molecule has 1 unspecified atom stereocenters. The van der Waals surface area contributed by atoms with Gasteiger partial charge in [0.2, 0.25) is 5.03 Å². The molecule has 1 N–H and O–H groups in total. The summed E-state index contributed by atoms with van der Waals surface area (Å²) in [6.07, 6.45) is 4.15. The van der Waals surface area contributed by atoms with Crippen molar-refractivity contribution in [1.82, 2.24) is 14.6 Å². The molecular weight excluding hydrogens is 293 g/mol. The summed E-state index contributed by atoms with van der Waals surface area (Å²) >= 11 is 0. The molecule has 0 bridgehead atoms. The average Bonchev–Trinajstić information content (AvgIpc) is 2.48. The summed E-state index contributed by atoms with van der Waals surface area (Å²) in [6, 6.07) is 2.52. The predicted octanol–water partition coefficient (Wildman–Crippen LogP) is 1.62. The molecule has 0 radical (unpaired) electrons. The Kier molecular flexibility index (Phi) is 5.66. The van der Waals surface area contributed by atoms with E-state index in [4.69, 9.17) is 0 Å². The average molecular weight is 315 g/mol. The van der Waals surface area contributed by atoms with Crippen molar-refractivity contribution in [2.24, 2.45) is 5.92 Å². The van der Waals surface area contributed by atoms with Gasteiger partial charge < -0.3 is 5.32 Å². The van der Waals surface area contributed by atoms with Crippen LogP contribution in [0.15, 0.2) is 23.4 Å². The van der Waals surface area contributed by atoms with E-state index in [0.29, 0.717) is 13.1 Å². The van der Waals surface area contributed by atoms with Crippen LogP contribution in [0, 0.1) is 11.7 Å².